The molecule has 0 saturated heterocycles. The molecule has 0 spiro atoms. The third kappa shape index (κ3) is 4.17. The molecule has 1 heterocycles. The summed E-state index contributed by atoms with van der Waals surface area (Å²) < 4.78 is 5.74. The molecule has 3 rings (SSSR count). The Kier molecular flexibility index (Phi) is 5.32. The van der Waals surface area contributed by atoms with E-state index >= 15 is 0 Å². The molecule has 1 amide bonds. The molecular weight excluding hydrogens is 332 g/mol. The van der Waals surface area contributed by atoms with Crippen LogP contribution in [0.1, 0.15) is 20.4 Å². The highest BCUT2D eigenvalue weighted by molar-refractivity contribution is 7.13. The van der Waals surface area contributed by atoms with E-state index < -0.39 is 0 Å². The molecule has 0 radical (unpaired) electrons. The van der Waals surface area contributed by atoms with Crippen molar-refractivity contribution >= 4 is 28.0 Å². The van der Waals surface area contributed by atoms with E-state index in [1.54, 1.807) is 0 Å². The molecule has 1 aromatic heterocycles. The number of thiazole rings is 1. The van der Waals surface area contributed by atoms with Gasteiger partial charge >= 0.3 is 0 Å². The van der Waals surface area contributed by atoms with Crippen molar-refractivity contribution in [3.05, 3.63) is 58.0 Å². The van der Waals surface area contributed by atoms with Crippen molar-refractivity contribution in [1.29, 1.82) is 0 Å². The maximum Gasteiger partial charge on any atom is 0.264 e. The molecule has 1 N–H and O–H groups in total. The first kappa shape index (κ1) is 17.0. The van der Waals surface area contributed by atoms with Crippen LogP contribution >= 0.6 is 11.3 Å². The van der Waals surface area contributed by atoms with E-state index in [0.717, 1.165) is 27.2 Å². The zero-order valence-corrected chi connectivity index (χ0v) is 14.9. The lowest BCUT2D eigenvalue weighted by atomic mass is 10.1. The number of aryl methyl sites for hydroxylation is 2. The molecular formula is C20H18N2O2S. The van der Waals surface area contributed by atoms with Crippen LogP contribution < -0.4 is 10.1 Å². The van der Waals surface area contributed by atoms with Gasteiger partial charge in [0.15, 0.2) is 0 Å². The number of nitrogens with zero attached hydrogens (tertiary/aromatic N) is 1. The van der Waals surface area contributed by atoms with Gasteiger partial charge < -0.3 is 10.1 Å². The largest absolute Gasteiger partial charge is 0.480 e. The minimum absolute atomic E-state index is 0.132. The number of nitrogens with one attached hydrogen (secondary N) is 1. The number of rotatable bonds is 4. The summed E-state index contributed by atoms with van der Waals surface area (Å²) in [5.41, 5.74) is 0.757. The summed E-state index contributed by atoms with van der Waals surface area (Å²) in [6.07, 6.45) is 0. The van der Waals surface area contributed by atoms with Crippen molar-refractivity contribution in [1.82, 2.24) is 10.3 Å². The number of hydrogen-bond acceptors (Lipinski definition) is 4. The first-order chi connectivity index (χ1) is 12.1. The standard InChI is InChI=1S/C20H18N2O2S/c1-14-19(25-15(2)22-14)20(23)21-12-5-6-13-24-18-11-7-9-16-8-3-4-10-17(16)18/h3-4,7-11H,12-13H2,1-2H3,(H,21,23). The van der Waals surface area contributed by atoms with Gasteiger partial charge in [-0.3, -0.25) is 4.79 Å². The van der Waals surface area contributed by atoms with Gasteiger partial charge in [0.2, 0.25) is 0 Å². The molecule has 0 aliphatic carbocycles. The number of carbonyl (C=O) groups excluding carboxylic acids is 1. The molecule has 126 valence electrons. The lowest BCUT2D eigenvalue weighted by Crippen LogP contribution is -2.23. The fraction of sp³-hybridized carbons (Fsp3) is 0.200. The highest BCUT2D eigenvalue weighted by atomic mass is 32.1. The Balaban J connectivity index is 1.52. The van der Waals surface area contributed by atoms with Crippen molar-refractivity contribution in [3.63, 3.8) is 0 Å². The highest BCUT2D eigenvalue weighted by Gasteiger charge is 2.12. The van der Waals surface area contributed by atoms with Crippen LogP contribution in [0.2, 0.25) is 0 Å². The third-order valence-electron chi connectivity index (χ3n) is 3.62. The maximum atomic E-state index is 12.0. The quantitative estimate of drug-likeness (QED) is 0.730. The van der Waals surface area contributed by atoms with E-state index in [1.165, 1.54) is 11.3 Å². The zero-order chi connectivity index (χ0) is 17.6. The molecule has 3 aromatic rings. The Morgan fingerprint density at radius 2 is 1.96 bits per heavy atom. The molecule has 0 bridgehead atoms. The minimum atomic E-state index is -0.132. The van der Waals surface area contributed by atoms with E-state index in [9.17, 15) is 4.79 Å². The van der Waals surface area contributed by atoms with Crippen LogP contribution in [-0.2, 0) is 0 Å². The molecule has 0 saturated carbocycles. The minimum Gasteiger partial charge on any atom is -0.480 e. The van der Waals surface area contributed by atoms with Crippen LogP contribution in [0.25, 0.3) is 10.8 Å². The van der Waals surface area contributed by atoms with Gasteiger partial charge in [0.25, 0.3) is 5.91 Å². The number of aromatic nitrogens is 1. The number of fused-ring (bicyclic) bond motifs is 1. The summed E-state index contributed by atoms with van der Waals surface area (Å²) in [6, 6.07) is 14.0. The van der Waals surface area contributed by atoms with Gasteiger partial charge in [-0.15, -0.1) is 11.3 Å². The van der Waals surface area contributed by atoms with Gasteiger partial charge in [0.1, 0.15) is 17.2 Å². The van der Waals surface area contributed by atoms with Crippen LogP contribution in [0, 0.1) is 25.7 Å². The molecule has 0 atom stereocenters. The van der Waals surface area contributed by atoms with E-state index in [2.05, 4.69) is 22.1 Å². The van der Waals surface area contributed by atoms with Crippen molar-refractivity contribution in [2.75, 3.05) is 13.2 Å². The molecule has 0 unspecified atom stereocenters. The predicted molar refractivity (Wildman–Crippen MR) is 101 cm³/mol. The normalized spacial score (nSPS) is 10.2. The molecule has 4 nitrogen and oxygen atoms in total. The lowest BCUT2D eigenvalue weighted by Gasteiger charge is -2.06. The second-order valence-electron chi connectivity index (χ2n) is 5.45. The van der Waals surface area contributed by atoms with Gasteiger partial charge in [-0.05, 0) is 25.3 Å². The summed E-state index contributed by atoms with van der Waals surface area (Å²) in [7, 11) is 0. The SMILES string of the molecule is Cc1nc(C)c(C(=O)NCC#CCOc2cccc3ccccc23)s1. The topological polar surface area (TPSA) is 51.2 Å². The fourth-order valence-electron chi connectivity index (χ4n) is 2.50. The monoisotopic (exact) mass is 350 g/mol. The molecule has 0 aliphatic heterocycles. The van der Waals surface area contributed by atoms with Gasteiger partial charge in [0, 0.05) is 5.39 Å². The summed E-state index contributed by atoms with van der Waals surface area (Å²) in [4.78, 5) is 16.9. The Bertz CT molecular complexity index is 961. The van der Waals surface area contributed by atoms with Crippen molar-refractivity contribution in [2.45, 2.75) is 13.8 Å². The smallest absolute Gasteiger partial charge is 0.264 e. The Morgan fingerprint density at radius 3 is 2.76 bits per heavy atom. The molecule has 0 aliphatic rings. The second-order valence-corrected chi connectivity index (χ2v) is 6.65. The van der Waals surface area contributed by atoms with Crippen LogP contribution in [0.15, 0.2) is 42.5 Å². The van der Waals surface area contributed by atoms with Gasteiger partial charge in [-0.2, -0.15) is 0 Å². The summed E-state index contributed by atoms with van der Waals surface area (Å²) in [5.74, 6) is 6.51. The van der Waals surface area contributed by atoms with Crippen molar-refractivity contribution < 1.29 is 9.53 Å². The number of ether oxygens (including phenoxy) is 1. The Labute approximate surface area is 150 Å². The number of amides is 1. The number of carbonyl (C=O) groups is 1. The first-order valence-electron chi connectivity index (χ1n) is 7.93. The van der Waals surface area contributed by atoms with Crippen LogP contribution in [0.3, 0.4) is 0 Å². The average Bonchev–Trinajstić information content (AvgIpc) is 2.96. The lowest BCUT2D eigenvalue weighted by molar-refractivity contribution is 0.0962. The number of hydrogen-bond donors (Lipinski definition) is 1. The number of benzene rings is 2. The Morgan fingerprint density at radius 1 is 1.16 bits per heavy atom. The Hall–Kier alpha value is -2.84. The van der Waals surface area contributed by atoms with E-state index in [0.29, 0.717) is 4.88 Å². The first-order valence-corrected chi connectivity index (χ1v) is 8.75. The van der Waals surface area contributed by atoms with E-state index in [4.69, 9.17) is 4.74 Å². The van der Waals surface area contributed by atoms with Gasteiger partial charge in [0.05, 0.1) is 17.2 Å². The van der Waals surface area contributed by atoms with E-state index in [1.807, 2.05) is 56.3 Å². The average molecular weight is 350 g/mol. The third-order valence-corrected chi connectivity index (χ3v) is 4.69. The summed E-state index contributed by atoms with van der Waals surface area (Å²) in [6.45, 7) is 4.29. The molecule has 25 heavy (non-hydrogen) atoms. The zero-order valence-electron chi connectivity index (χ0n) is 14.1. The fourth-order valence-corrected chi connectivity index (χ4v) is 3.33. The molecule has 5 heteroatoms. The van der Waals surface area contributed by atoms with Gasteiger partial charge in [-0.1, -0.05) is 48.2 Å². The molecule has 2 aromatic carbocycles. The second kappa shape index (κ2) is 7.82. The van der Waals surface area contributed by atoms with Crippen molar-refractivity contribution in [2.24, 2.45) is 0 Å². The highest BCUT2D eigenvalue weighted by Crippen LogP contribution is 2.24. The van der Waals surface area contributed by atoms with Crippen LogP contribution in [-0.4, -0.2) is 24.0 Å². The van der Waals surface area contributed by atoms with Crippen molar-refractivity contribution in [3.8, 4) is 17.6 Å². The van der Waals surface area contributed by atoms with Gasteiger partial charge in [-0.25, -0.2) is 4.98 Å². The predicted octanol–water partition coefficient (Wildman–Crippen LogP) is 3.73. The molecule has 0 fully saturated rings. The van der Waals surface area contributed by atoms with Crippen LogP contribution in [0.5, 0.6) is 5.75 Å². The maximum absolute atomic E-state index is 12.0. The summed E-state index contributed by atoms with van der Waals surface area (Å²) >= 11 is 1.39. The summed E-state index contributed by atoms with van der Waals surface area (Å²) in [5, 5.41) is 5.87. The van der Waals surface area contributed by atoms with E-state index in [-0.39, 0.29) is 19.1 Å². The van der Waals surface area contributed by atoms with Crippen LogP contribution in [0.4, 0.5) is 0 Å².